The zero-order chi connectivity index (χ0) is 14.1. The fourth-order valence-corrected chi connectivity index (χ4v) is 3.05. The Labute approximate surface area is 119 Å². The van der Waals surface area contributed by atoms with Crippen LogP contribution < -0.4 is 11.1 Å². The van der Waals surface area contributed by atoms with Crippen molar-refractivity contribution in [1.82, 2.24) is 4.90 Å². The van der Waals surface area contributed by atoms with Crippen LogP contribution in [0.4, 0.5) is 11.4 Å². The number of morpholine rings is 1. The second-order valence-corrected chi connectivity index (χ2v) is 5.77. The van der Waals surface area contributed by atoms with Crippen molar-refractivity contribution in [2.24, 2.45) is 0 Å². The lowest BCUT2D eigenvalue weighted by atomic mass is 10.2. The van der Waals surface area contributed by atoms with E-state index in [1.54, 1.807) is 6.07 Å². The number of hydrogen-bond acceptors (Lipinski definition) is 4. The molecule has 2 aliphatic rings. The molecule has 0 aliphatic carbocycles. The largest absolute Gasteiger partial charge is 0.399 e. The Hall–Kier alpha value is -1.59. The van der Waals surface area contributed by atoms with Crippen LogP contribution in [-0.2, 0) is 9.53 Å². The summed E-state index contributed by atoms with van der Waals surface area (Å²) in [6.45, 7) is 4.11. The molecule has 5 nitrogen and oxygen atoms in total. The molecular formula is C15H21N3O2. The Morgan fingerprint density at radius 2 is 2.10 bits per heavy atom. The van der Waals surface area contributed by atoms with E-state index < -0.39 is 0 Å². The highest BCUT2D eigenvalue weighted by Gasteiger charge is 2.34. The first-order valence-electron chi connectivity index (χ1n) is 7.14. The molecule has 3 rings (SSSR count). The Bertz CT molecular complexity index is 506. The van der Waals surface area contributed by atoms with Gasteiger partial charge in [-0.3, -0.25) is 9.69 Å². The number of benzene rings is 1. The zero-order valence-electron chi connectivity index (χ0n) is 11.8. The van der Waals surface area contributed by atoms with Crippen molar-refractivity contribution < 1.29 is 9.53 Å². The van der Waals surface area contributed by atoms with Crippen LogP contribution in [0.15, 0.2) is 18.2 Å². The zero-order valence-corrected chi connectivity index (χ0v) is 11.8. The van der Waals surface area contributed by atoms with Gasteiger partial charge in [0.2, 0.25) is 5.91 Å². The highest BCUT2D eigenvalue weighted by molar-refractivity contribution is 5.93. The van der Waals surface area contributed by atoms with Crippen LogP contribution in [0.1, 0.15) is 18.4 Å². The number of likely N-dealkylation sites (tertiary alicyclic amines) is 1. The standard InChI is InChI=1S/C15H21N3O2/c1-10-6-11(16)2-5-14(10)17-15(19)9-18-7-12-3-4-13(8-18)20-12/h2,5-6,12-13H,3-4,7-9,16H2,1H3,(H,17,19). The van der Waals surface area contributed by atoms with Gasteiger partial charge in [-0.05, 0) is 43.5 Å². The molecule has 1 amide bonds. The van der Waals surface area contributed by atoms with Gasteiger partial charge >= 0.3 is 0 Å². The fraction of sp³-hybridized carbons (Fsp3) is 0.533. The monoisotopic (exact) mass is 275 g/mol. The van der Waals surface area contributed by atoms with Crippen molar-refractivity contribution in [2.45, 2.75) is 32.0 Å². The molecule has 2 unspecified atom stereocenters. The molecule has 3 N–H and O–H groups in total. The number of nitrogen functional groups attached to an aromatic ring is 1. The number of nitrogens with two attached hydrogens (primary N) is 1. The first-order valence-corrected chi connectivity index (χ1v) is 7.14. The van der Waals surface area contributed by atoms with Gasteiger partial charge in [0.1, 0.15) is 0 Å². The first kappa shape index (κ1) is 13.4. The summed E-state index contributed by atoms with van der Waals surface area (Å²) in [6, 6.07) is 5.52. The molecule has 5 heteroatoms. The van der Waals surface area contributed by atoms with Crippen LogP contribution in [0.5, 0.6) is 0 Å². The van der Waals surface area contributed by atoms with E-state index in [2.05, 4.69) is 10.2 Å². The number of anilines is 2. The van der Waals surface area contributed by atoms with Gasteiger partial charge in [-0.1, -0.05) is 0 Å². The van der Waals surface area contributed by atoms with Crippen LogP contribution in [0.2, 0.25) is 0 Å². The average molecular weight is 275 g/mol. The molecule has 0 aromatic heterocycles. The van der Waals surface area contributed by atoms with Crippen molar-refractivity contribution in [3.8, 4) is 0 Å². The lowest BCUT2D eigenvalue weighted by Crippen LogP contribution is -2.45. The molecule has 0 spiro atoms. The normalized spacial score (nSPS) is 25.6. The highest BCUT2D eigenvalue weighted by atomic mass is 16.5. The summed E-state index contributed by atoms with van der Waals surface area (Å²) in [6.07, 6.45) is 2.89. The van der Waals surface area contributed by atoms with Crippen LogP contribution in [0.25, 0.3) is 0 Å². The maximum absolute atomic E-state index is 12.1. The molecule has 1 aromatic carbocycles. The third-order valence-corrected chi connectivity index (χ3v) is 4.01. The molecule has 2 saturated heterocycles. The van der Waals surface area contributed by atoms with Crippen molar-refractivity contribution in [2.75, 3.05) is 30.7 Å². The van der Waals surface area contributed by atoms with Gasteiger partial charge in [-0.2, -0.15) is 0 Å². The molecule has 2 aliphatic heterocycles. The molecule has 2 heterocycles. The van der Waals surface area contributed by atoms with E-state index in [1.807, 2.05) is 19.1 Å². The fourth-order valence-electron chi connectivity index (χ4n) is 3.05. The molecular weight excluding hydrogens is 254 g/mol. The summed E-state index contributed by atoms with van der Waals surface area (Å²) in [7, 11) is 0. The van der Waals surface area contributed by atoms with Gasteiger partial charge in [0.25, 0.3) is 0 Å². The third-order valence-electron chi connectivity index (χ3n) is 4.01. The van der Waals surface area contributed by atoms with Crippen molar-refractivity contribution in [3.05, 3.63) is 23.8 Å². The number of fused-ring (bicyclic) bond motifs is 2. The number of amides is 1. The van der Waals surface area contributed by atoms with Crippen LogP contribution in [-0.4, -0.2) is 42.6 Å². The third kappa shape index (κ3) is 2.94. The average Bonchev–Trinajstić information content (AvgIpc) is 2.72. The maximum Gasteiger partial charge on any atom is 0.238 e. The van der Waals surface area contributed by atoms with Gasteiger partial charge in [-0.15, -0.1) is 0 Å². The van der Waals surface area contributed by atoms with E-state index in [0.717, 1.165) is 37.2 Å². The van der Waals surface area contributed by atoms with E-state index in [4.69, 9.17) is 10.5 Å². The number of nitrogens with zero attached hydrogens (tertiary/aromatic N) is 1. The second kappa shape index (κ2) is 5.42. The Kier molecular flexibility index (Phi) is 3.63. The molecule has 2 atom stereocenters. The summed E-state index contributed by atoms with van der Waals surface area (Å²) in [4.78, 5) is 14.3. The quantitative estimate of drug-likeness (QED) is 0.818. The summed E-state index contributed by atoms with van der Waals surface area (Å²) in [5.74, 6) is 0.0270. The smallest absolute Gasteiger partial charge is 0.238 e. The maximum atomic E-state index is 12.1. The lowest BCUT2D eigenvalue weighted by molar-refractivity contribution is -0.119. The summed E-state index contributed by atoms with van der Waals surface area (Å²) in [5, 5.41) is 2.96. The summed E-state index contributed by atoms with van der Waals surface area (Å²) < 4.78 is 5.77. The molecule has 20 heavy (non-hydrogen) atoms. The minimum atomic E-state index is 0.0270. The Morgan fingerprint density at radius 1 is 1.40 bits per heavy atom. The number of nitrogens with one attached hydrogen (secondary N) is 1. The van der Waals surface area contributed by atoms with Gasteiger partial charge in [-0.25, -0.2) is 0 Å². The lowest BCUT2D eigenvalue weighted by Gasteiger charge is -2.31. The predicted octanol–water partition coefficient (Wildman–Crippen LogP) is 1.38. The highest BCUT2D eigenvalue weighted by Crippen LogP contribution is 2.26. The molecule has 1 aromatic rings. The summed E-state index contributed by atoms with van der Waals surface area (Å²) >= 11 is 0. The van der Waals surface area contributed by atoms with Crippen LogP contribution in [0.3, 0.4) is 0 Å². The van der Waals surface area contributed by atoms with Crippen LogP contribution >= 0.6 is 0 Å². The number of ether oxygens (including phenoxy) is 1. The van der Waals surface area contributed by atoms with Gasteiger partial charge < -0.3 is 15.8 Å². The number of hydrogen-bond donors (Lipinski definition) is 2. The molecule has 0 saturated carbocycles. The van der Waals surface area contributed by atoms with E-state index in [1.165, 1.54) is 0 Å². The number of rotatable bonds is 3. The molecule has 2 fully saturated rings. The van der Waals surface area contributed by atoms with E-state index in [-0.39, 0.29) is 5.91 Å². The number of aryl methyl sites for hydroxylation is 1. The Balaban J connectivity index is 1.57. The molecule has 108 valence electrons. The van der Waals surface area contributed by atoms with Crippen LogP contribution in [0, 0.1) is 6.92 Å². The number of carbonyl (C=O) groups excluding carboxylic acids is 1. The minimum Gasteiger partial charge on any atom is -0.399 e. The molecule has 2 bridgehead atoms. The van der Waals surface area contributed by atoms with Gasteiger partial charge in [0.05, 0.1) is 18.8 Å². The van der Waals surface area contributed by atoms with E-state index in [0.29, 0.717) is 24.4 Å². The second-order valence-electron chi connectivity index (χ2n) is 5.77. The van der Waals surface area contributed by atoms with Crippen molar-refractivity contribution >= 4 is 17.3 Å². The topological polar surface area (TPSA) is 67.6 Å². The SMILES string of the molecule is Cc1cc(N)ccc1NC(=O)CN1CC2CCC(C1)O2. The first-order chi connectivity index (χ1) is 9.60. The summed E-state index contributed by atoms with van der Waals surface area (Å²) in [5.41, 5.74) is 8.24. The van der Waals surface area contributed by atoms with E-state index in [9.17, 15) is 4.79 Å². The van der Waals surface area contributed by atoms with Gasteiger partial charge in [0.15, 0.2) is 0 Å². The van der Waals surface area contributed by atoms with Crippen molar-refractivity contribution in [1.29, 1.82) is 0 Å². The predicted molar refractivity (Wildman–Crippen MR) is 78.6 cm³/mol. The van der Waals surface area contributed by atoms with Crippen molar-refractivity contribution in [3.63, 3.8) is 0 Å². The van der Waals surface area contributed by atoms with Gasteiger partial charge in [0, 0.05) is 24.5 Å². The number of carbonyl (C=O) groups is 1. The minimum absolute atomic E-state index is 0.0270. The van der Waals surface area contributed by atoms with E-state index >= 15 is 0 Å². The Morgan fingerprint density at radius 3 is 2.75 bits per heavy atom. The molecule has 0 radical (unpaired) electrons.